The first-order chi connectivity index (χ1) is 7.87. The van der Waals surface area contributed by atoms with E-state index in [1.54, 1.807) is 22.6 Å². The van der Waals surface area contributed by atoms with Crippen molar-refractivity contribution >= 4 is 38.5 Å². The van der Waals surface area contributed by atoms with Gasteiger partial charge in [0.05, 0.1) is 12.5 Å². The molecule has 0 amide bonds. The molecule has 1 aromatic rings. The molecule has 17 heavy (non-hydrogen) atoms. The van der Waals surface area contributed by atoms with Crippen molar-refractivity contribution < 1.29 is 17.9 Å². The van der Waals surface area contributed by atoms with Gasteiger partial charge in [0.2, 0.25) is 5.88 Å². The Balaban J connectivity index is 3.15. The maximum absolute atomic E-state index is 12.0. The predicted octanol–water partition coefficient (Wildman–Crippen LogP) is 3.55. The van der Waals surface area contributed by atoms with Gasteiger partial charge < -0.3 is 4.74 Å². The third-order valence-electron chi connectivity index (χ3n) is 1.77. The van der Waals surface area contributed by atoms with Gasteiger partial charge in [-0.25, -0.2) is 4.98 Å². The third kappa shape index (κ3) is 4.31. The highest BCUT2D eigenvalue weighted by Gasteiger charge is 2.32. The average molecular weight is 421 g/mol. The molecular formula is C9H5BrF3IN2O. The molecule has 8 heteroatoms. The fourth-order valence-corrected chi connectivity index (χ4v) is 3.04. The van der Waals surface area contributed by atoms with Crippen molar-refractivity contribution in [3.8, 4) is 11.9 Å². The van der Waals surface area contributed by atoms with E-state index in [0.717, 1.165) is 6.07 Å². The molecule has 0 fully saturated rings. The van der Waals surface area contributed by atoms with Crippen molar-refractivity contribution in [2.75, 3.05) is 0 Å². The van der Waals surface area contributed by atoms with Crippen LogP contribution in [-0.4, -0.2) is 11.3 Å². The van der Waals surface area contributed by atoms with Crippen LogP contribution in [-0.2, 0) is 11.8 Å². The van der Waals surface area contributed by atoms with Crippen LogP contribution in [0.3, 0.4) is 0 Å². The number of hydrogen-bond acceptors (Lipinski definition) is 3. The molecule has 1 rings (SSSR count). The summed E-state index contributed by atoms with van der Waals surface area (Å²) in [4.78, 5) is 3.68. The van der Waals surface area contributed by atoms with E-state index in [9.17, 15) is 13.2 Å². The summed E-state index contributed by atoms with van der Waals surface area (Å²) >= 11 is 5.00. The fraction of sp³-hybridized carbons (Fsp3) is 0.333. The lowest BCUT2D eigenvalue weighted by atomic mass is 10.1. The minimum Gasteiger partial charge on any atom is -0.388 e. The molecule has 0 aromatic carbocycles. The summed E-state index contributed by atoms with van der Waals surface area (Å²) in [6.45, 7) is 0. The lowest BCUT2D eigenvalue weighted by Crippen LogP contribution is -2.18. The minimum atomic E-state index is -4.78. The highest BCUT2D eigenvalue weighted by molar-refractivity contribution is 14.1. The van der Waals surface area contributed by atoms with E-state index in [2.05, 4.69) is 25.7 Å². The number of aromatic nitrogens is 1. The number of nitrogens with zero attached hydrogens (tertiary/aromatic N) is 2. The van der Waals surface area contributed by atoms with Crippen molar-refractivity contribution in [3.63, 3.8) is 0 Å². The smallest absolute Gasteiger partial charge is 0.388 e. The lowest BCUT2D eigenvalue weighted by Gasteiger charge is -2.12. The molecule has 0 bridgehead atoms. The summed E-state index contributed by atoms with van der Waals surface area (Å²) in [5.41, 5.74) is 1.17. The van der Waals surface area contributed by atoms with Gasteiger partial charge in [0.1, 0.15) is 3.70 Å². The van der Waals surface area contributed by atoms with E-state index in [0.29, 0.717) is 20.2 Å². The molecule has 0 saturated heterocycles. The molecule has 0 spiro atoms. The molecular weight excluding hydrogens is 416 g/mol. The summed E-state index contributed by atoms with van der Waals surface area (Å²) in [5.74, 6) is -0.545. The zero-order chi connectivity index (χ0) is 13.1. The fourth-order valence-electron chi connectivity index (χ4n) is 1.12. The van der Waals surface area contributed by atoms with Crippen LogP contribution in [0.15, 0.2) is 6.07 Å². The summed E-state index contributed by atoms with van der Waals surface area (Å²) in [6, 6.07) is 3.02. The van der Waals surface area contributed by atoms with Gasteiger partial charge in [0.15, 0.2) is 0 Å². The van der Waals surface area contributed by atoms with Crippen molar-refractivity contribution in [1.82, 2.24) is 4.98 Å². The topological polar surface area (TPSA) is 45.9 Å². The van der Waals surface area contributed by atoms with Crippen LogP contribution in [0.4, 0.5) is 13.2 Å². The molecule has 3 nitrogen and oxygen atoms in total. The van der Waals surface area contributed by atoms with E-state index in [1.807, 2.05) is 6.07 Å². The van der Waals surface area contributed by atoms with Crippen LogP contribution in [0.1, 0.15) is 11.1 Å². The molecule has 0 unspecified atom stereocenters. The van der Waals surface area contributed by atoms with Gasteiger partial charge in [-0.05, 0) is 33.7 Å². The van der Waals surface area contributed by atoms with Crippen molar-refractivity contribution in [3.05, 3.63) is 20.9 Å². The third-order valence-corrected chi connectivity index (χ3v) is 3.22. The lowest BCUT2D eigenvalue weighted by molar-refractivity contribution is -0.276. The molecule has 0 saturated carbocycles. The van der Waals surface area contributed by atoms with Gasteiger partial charge in [0, 0.05) is 11.4 Å². The zero-order valence-electron chi connectivity index (χ0n) is 8.18. The molecule has 92 valence electrons. The Labute approximate surface area is 117 Å². The molecule has 0 aliphatic carbocycles. The van der Waals surface area contributed by atoms with Gasteiger partial charge in [-0.1, -0.05) is 15.9 Å². The highest BCUT2D eigenvalue weighted by Crippen LogP contribution is 2.27. The molecule has 0 radical (unpaired) electrons. The van der Waals surface area contributed by atoms with Crippen LogP contribution in [0.25, 0.3) is 0 Å². The van der Waals surface area contributed by atoms with Gasteiger partial charge in [-0.2, -0.15) is 5.26 Å². The number of alkyl halides is 4. The zero-order valence-corrected chi connectivity index (χ0v) is 11.9. The summed E-state index contributed by atoms with van der Waals surface area (Å²) in [7, 11) is 0. The van der Waals surface area contributed by atoms with E-state index < -0.39 is 12.2 Å². The highest BCUT2D eigenvalue weighted by atomic mass is 127. The second kappa shape index (κ2) is 5.86. The number of nitriles is 1. The minimum absolute atomic E-state index is 0.00761. The standard InChI is InChI=1S/C9H5BrF3IN2O/c10-4-6-5(1-2-15)3-7(16-8(6)14)17-9(11,12)13/h3H,1,4H2. The first kappa shape index (κ1) is 14.5. The van der Waals surface area contributed by atoms with Crippen LogP contribution >= 0.6 is 38.5 Å². The SMILES string of the molecule is N#CCc1cc(OC(F)(F)F)nc(I)c1CBr. The Bertz CT molecular complexity index is 459. The Kier molecular flexibility index (Phi) is 5.00. The molecule has 0 aliphatic rings. The van der Waals surface area contributed by atoms with Gasteiger partial charge in [0.25, 0.3) is 0 Å². The quantitative estimate of drug-likeness (QED) is 0.427. The van der Waals surface area contributed by atoms with E-state index in [1.165, 1.54) is 0 Å². The number of hydrogen-bond donors (Lipinski definition) is 0. The molecule has 1 aromatic heterocycles. The second-order valence-electron chi connectivity index (χ2n) is 2.91. The average Bonchev–Trinajstić information content (AvgIpc) is 2.15. The van der Waals surface area contributed by atoms with Crippen LogP contribution in [0, 0.1) is 15.0 Å². The maximum Gasteiger partial charge on any atom is 0.574 e. The van der Waals surface area contributed by atoms with Crippen LogP contribution in [0.2, 0.25) is 0 Å². The van der Waals surface area contributed by atoms with E-state index in [4.69, 9.17) is 5.26 Å². The normalized spacial score (nSPS) is 11.1. The molecule has 0 atom stereocenters. The summed E-state index contributed by atoms with van der Waals surface area (Å²) in [6.07, 6.45) is -4.77. The Morgan fingerprint density at radius 2 is 2.18 bits per heavy atom. The van der Waals surface area contributed by atoms with Crippen molar-refractivity contribution in [1.29, 1.82) is 5.26 Å². The van der Waals surface area contributed by atoms with Crippen molar-refractivity contribution in [2.45, 2.75) is 18.1 Å². The van der Waals surface area contributed by atoms with Crippen LogP contribution < -0.4 is 4.74 Å². The maximum atomic E-state index is 12.0. The Hall–Kier alpha value is -0.560. The largest absolute Gasteiger partial charge is 0.574 e. The number of pyridine rings is 1. The summed E-state index contributed by atoms with van der Waals surface area (Å²) < 4.78 is 40.2. The monoisotopic (exact) mass is 420 g/mol. The predicted molar refractivity (Wildman–Crippen MR) is 65.6 cm³/mol. The van der Waals surface area contributed by atoms with Gasteiger partial charge in [-0.3, -0.25) is 0 Å². The van der Waals surface area contributed by atoms with E-state index >= 15 is 0 Å². The molecule has 1 heterocycles. The first-order valence-electron chi connectivity index (χ1n) is 4.24. The molecule has 0 aliphatic heterocycles. The Morgan fingerprint density at radius 3 is 2.65 bits per heavy atom. The van der Waals surface area contributed by atoms with E-state index in [-0.39, 0.29) is 6.42 Å². The number of rotatable bonds is 3. The molecule has 0 N–H and O–H groups in total. The first-order valence-corrected chi connectivity index (χ1v) is 6.44. The second-order valence-corrected chi connectivity index (χ2v) is 4.49. The van der Waals surface area contributed by atoms with Crippen molar-refractivity contribution in [2.24, 2.45) is 0 Å². The van der Waals surface area contributed by atoms with Gasteiger partial charge in [-0.15, -0.1) is 13.2 Å². The number of halogens is 5. The van der Waals surface area contributed by atoms with Crippen LogP contribution in [0.5, 0.6) is 5.88 Å². The summed E-state index contributed by atoms with van der Waals surface area (Å²) in [5, 5.41) is 9.02. The number of ether oxygens (including phenoxy) is 1. The Morgan fingerprint density at radius 1 is 1.53 bits per heavy atom. The van der Waals surface area contributed by atoms with Gasteiger partial charge >= 0.3 is 6.36 Å².